The highest BCUT2D eigenvalue weighted by molar-refractivity contribution is 5.95. The van der Waals surface area contributed by atoms with Crippen molar-refractivity contribution in [1.29, 1.82) is 0 Å². The minimum Gasteiger partial charge on any atom is -0.457 e. The standard InChI is InChI=1S/C139H96F2N4O2/c1-3-95-41-83-121(84-42-95)146-123-87-61-105(62-88-123)138(101-53-65-107(140)66-54-101)133-39-23-19-35-127(133)129-91-81-119(93-135(129)138)144(111-29-13-7-14-30-111)115-73-49-99(50-74-115)97-45-69-113(70-46-97)142(109-25-9-5-10-26-109)117-77-57-103(58-78-117)137(131-37-21-17-33-125(131)126-34-18-22-38-132(126)137)104-59-79-118(80-60-104)143(110-27-11-6-12-28-110)114-71-47-98(48-72-114)100-51-75-116(76-52-100)145(112-31-15-8-16-32-112)120-82-92-130-128-36-20-24-40-134(128)139(136(130)94-120,102-55-67-108(141)68-56-102)106-63-89-124(90-64-106)147-122-85-43-96(4-2)44-86-122/h3-94H,1-2H2. The second kappa shape index (κ2) is 37.8. The quantitative estimate of drug-likeness (QED) is 0.0537. The molecule has 0 aliphatic heterocycles. The summed E-state index contributed by atoms with van der Waals surface area (Å²) in [6, 6.07) is 192. The largest absolute Gasteiger partial charge is 0.457 e. The summed E-state index contributed by atoms with van der Waals surface area (Å²) in [5.41, 5.74) is 36.1. The number of ether oxygens (including phenoxy) is 2. The third kappa shape index (κ3) is 15.7. The Hall–Kier alpha value is -19.0. The lowest BCUT2D eigenvalue weighted by Gasteiger charge is -2.35. The maximum Gasteiger partial charge on any atom is 0.127 e. The Bertz CT molecular complexity index is 8110. The van der Waals surface area contributed by atoms with Gasteiger partial charge in [0.1, 0.15) is 34.6 Å². The lowest BCUT2D eigenvalue weighted by molar-refractivity contribution is 0.482. The van der Waals surface area contributed by atoms with E-state index in [-0.39, 0.29) is 11.6 Å². The molecule has 698 valence electrons. The van der Waals surface area contributed by atoms with Gasteiger partial charge in [-0.2, -0.15) is 0 Å². The molecule has 0 heterocycles. The van der Waals surface area contributed by atoms with E-state index >= 15 is 8.78 Å². The van der Waals surface area contributed by atoms with E-state index in [0.29, 0.717) is 11.5 Å². The van der Waals surface area contributed by atoms with Crippen LogP contribution in [0, 0.1) is 11.6 Å². The van der Waals surface area contributed by atoms with Gasteiger partial charge in [-0.3, -0.25) is 0 Å². The highest BCUT2D eigenvalue weighted by atomic mass is 19.1. The van der Waals surface area contributed by atoms with Crippen molar-refractivity contribution in [3.63, 3.8) is 0 Å². The zero-order chi connectivity index (χ0) is 98.5. The van der Waals surface area contributed by atoms with Gasteiger partial charge in [0, 0.05) is 68.2 Å². The van der Waals surface area contributed by atoms with Gasteiger partial charge in [0.05, 0.1) is 16.2 Å². The van der Waals surface area contributed by atoms with Crippen molar-refractivity contribution < 1.29 is 18.3 Å². The van der Waals surface area contributed by atoms with E-state index in [4.69, 9.17) is 9.47 Å². The van der Waals surface area contributed by atoms with Crippen molar-refractivity contribution in [2.24, 2.45) is 0 Å². The molecule has 25 rings (SSSR count). The molecule has 0 radical (unpaired) electrons. The summed E-state index contributed by atoms with van der Waals surface area (Å²) in [6.45, 7) is 7.85. The molecule has 22 aromatic rings. The van der Waals surface area contributed by atoms with Gasteiger partial charge in [-0.1, -0.05) is 353 Å². The topological polar surface area (TPSA) is 31.4 Å². The van der Waals surface area contributed by atoms with Crippen LogP contribution in [0.4, 0.5) is 77.0 Å². The molecule has 2 atom stereocenters. The van der Waals surface area contributed by atoms with Crippen molar-refractivity contribution in [3.8, 4) is 78.6 Å². The molecule has 8 heteroatoms. The van der Waals surface area contributed by atoms with Crippen molar-refractivity contribution in [2.75, 3.05) is 19.6 Å². The number of fused-ring (bicyclic) bond motifs is 9. The zero-order valence-corrected chi connectivity index (χ0v) is 80.4. The molecule has 0 saturated carbocycles. The van der Waals surface area contributed by atoms with E-state index in [0.717, 1.165) is 191 Å². The predicted octanol–water partition coefficient (Wildman–Crippen LogP) is 37.1. The van der Waals surface area contributed by atoms with Crippen LogP contribution in [0.1, 0.15) is 77.9 Å². The van der Waals surface area contributed by atoms with E-state index in [1.165, 1.54) is 22.3 Å². The first kappa shape index (κ1) is 89.3. The fourth-order valence-electron chi connectivity index (χ4n) is 23.0. The lowest BCUT2D eigenvalue weighted by Crippen LogP contribution is -2.28. The van der Waals surface area contributed by atoms with Gasteiger partial charge in [0.2, 0.25) is 0 Å². The molecule has 0 saturated heterocycles. The van der Waals surface area contributed by atoms with Crippen LogP contribution in [0.3, 0.4) is 0 Å². The van der Waals surface area contributed by atoms with Gasteiger partial charge < -0.3 is 29.1 Å². The summed E-state index contributed by atoms with van der Waals surface area (Å²) in [5, 5.41) is 0. The minimum absolute atomic E-state index is 0.295. The van der Waals surface area contributed by atoms with Gasteiger partial charge in [0.15, 0.2) is 0 Å². The molecule has 0 amide bonds. The van der Waals surface area contributed by atoms with Crippen molar-refractivity contribution in [1.82, 2.24) is 0 Å². The number of rotatable bonds is 26. The SMILES string of the molecule is C=Cc1ccc(Oc2ccc(C3(c4ccc(F)cc4)c4ccccc4-c4ccc(N(c5ccccc5)c5ccc(-c6ccc(N(c7ccccc7)c7ccc(C8(c9ccc(N(c%10ccccc%10)c%10ccc(-c%11ccc(N(c%12ccccc%12)c%12ccc%13c(c%12)C(c%12ccc(F)cc%12)(c%12ccc(Oc%14ccc(C=C)cc%14)cc%12)c%12ccccc%12-%13)cc%11)cc%10)cc9)c9ccccc9-c9ccccc98)cc7)cc6)cc5)cc43)cc2)cc1. The van der Waals surface area contributed by atoms with Crippen LogP contribution >= 0.6 is 0 Å². The summed E-state index contributed by atoms with van der Waals surface area (Å²) in [4.78, 5) is 9.36. The third-order valence-electron chi connectivity index (χ3n) is 29.7. The molecule has 0 bridgehead atoms. The first-order valence-electron chi connectivity index (χ1n) is 49.8. The Morgan fingerprint density at radius 3 is 0.605 bits per heavy atom. The van der Waals surface area contributed by atoms with Gasteiger partial charge in [-0.05, 0) is 352 Å². The minimum atomic E-state index is -0.832. The van der Waals surface area contributed by atoms with E-state index in [1.807, 2.05) is 109 Å². The number of hydrogen-bond acceptors (Lipinski definition) is 6. The van der Waals surface area contributed by atoms with Gasteiger partial charge in [0.25, 0.3) is 0 Å². The number of hydrogen-bond donors (Lipinski definition) is 0. The number of nitrogens with zero attached hydrogens (tertiary/aromatic N) is 4. The molecule has 0 fully saturated rings. The highest BCUT2D eigenvalue weighted by Crippen LogP contribution is 2.62. The third-order valence-corrected chi connectivity index (χ3v) is 29.7. The molecule has 2 unspecified atom stereocenters. The molecule has 147 heavy (non-hydrogen) atoms. The van der Waals surface area contributed by atoms with Crippen LogP contribution < -0.4 is 29.1 Å². The first-order chi connectivity index (χ1) is 72.5. The summed E-state index contributed by atoms with van der Waals surface area (Å²) >= 11 is 0. The number of benzene rings is 22. The molecule has 0 aromatic heterocycles. The maximum absolute atomic E-state index is 15.2. The van der Waals surface area contributed by atoms with Crippen molar-refractivity contribution in [2.45, 2.75) is 16.2 Å². The van der Waals surface area contributed by atoms with E-state index in [9.17, 15) is 0 Å². The Morgan fingerprint density at radius 1 is 0.170 bits per heavy atom. The summed E-state index contributed by atoms with van der Waals surface area (Å²) in [5.74, 6) is 2.28. The van der Waals surface area contributed by atoms with Crippen LogP contribution in [0.15, 0.2) is 559 Å². The molecular formula is C139H96F2N4O2. The molecule has 3 aliphatic rings. The van der Waals surface area contributed by atoms with Crippen LogP contribution in [-0.2, 0) is 16.2 Å². The van der Waals surface area contributed by atoms with E-state index in [2.05, 4.69) is 457 Å². The maximum atomic E-state index is 15.2. The molecule has 6 nitrogen and oxygen atoms in total. The van der Waals surface area contributed by atoms with Crippen LogP contribution in [-0.4, -0.2) is 0 Å². The van der Waals surface area contributed by atoms with Crippen LogP contribution in [0.25, 0.3) is 67.8 Å². The number of para-hydroxylation sites is 4. The second-order valence-corrected chi connectivity index (χ2v) is 37.7. The van der Waals surface area contributed by atoms with Gasteiger partial charge in [-0.15, -0.1) is 0 Å². The van der Waals surface area contributed by atoms with Crippen LogP contribution in [0.2, 0.25) is 0 Å². The zero-order valence-electron chi connectivity index (χ0n) is 80.4. The normalized spacial score (nSPS) is 14.1. The Balaban J connectivity index is 0.510. The number of halogens is 2. The highest BCUT2D eigenvalue weighted by Gasteiger charge is 2.50. The fraction of sp³-hybridized carbons (Fsp3) is 0.0216. The molecular weight excluding hydrogens is 1800 g/mol. The fourth-order valence-corrected chi connectivity index (χ4v) is 23.0. The summed E-state index contributed by atoms with van der Waals surface area (Å²) < 4.78 is 43.4. The monoisotopic (exact) mass is 1890 g/mol. The smallest absolute Gasteiger partial charge is 0.127 e. The molecule has 0 spiro atoms. The van der Waals surface area contributed by atoms with E-state index < -0.39 is 16.2 Å². The molecule has 0 N–H and O–H groups in total. The Kier molecular flexibility index (Phi) is 23.0. The first-order valence-corrected chi connectivity index (χ1v) is 49.8. The Morgan fingerprint density at radius 2 is 0.354 bits per heavy atom. The summed E-state index contributed by atoms with van der Waals surface area (Å²) in [6.07, 6.45) is 3.64. The molecule has 3 aliphatic carbocycles. The lowest BCUT2D eigenvalue weighted by atomic mass is 9.67. The Labute approximate surface area is 855 Å². The number of anilines is 12. The van der Waals surface area contributed by atoms with Gasteiger partial charge >= 0.3 is 0 Å². The van der Waals surface area contributed by atoms with E-state index in [1.54, 1.807) is 24.3 Å². The molecule has 22 aromatic carbocycles. The van der Waals surface area contributed by atoms with Crippen molar-refractivity contribution >= 4 is 80.4 Å². The predicted molar refractivity (Wildman–Crippen MR) is 601 cm³/mol. The summed E-state index contributed by atoms with van der Waals surface area (Å²) in [7, 11) is 0. The average molecular weight is 1890 g/mol. The van der Waals surface area contributed by atoms with Crippen molar-refractivity contribution in [3.05, 3.63) is 649 Å². The average Bonchev–Trinajstić information content (AvgIpc) is 1.55. The van der Waals surface area contributed by atoms with Crippen LogP contribution in [0.5, 0.6) is 23.0 Å². The second-order valence-electron chi connectivity index (χ2n) is 37.7. The van der Waals surface area contributed by atoms with Gasteiger partial charge in [-0.25, -0.2) is 8.78 Å².